The van der Waals surface area contributed by atoms with Crippen molar-refractivity contribution in [3.8, 4) is 11.5 Å². The summed E-state index contributed by atoms with van der Waals surface area (Å²) in [6.07, 6.45) is 28.5. The second kappa shape index (κ2) is 18.6. The first-order valence-corrected chi connectivity index (χ1v) is 12.4. The van der Waals surface area contributed by atoms with Crippen LogP contribution < -0.4 is 0 Å². The Labute approximate surface area is 180 Å². The molecule has 166 valence electrons. The highest BCUT2D eigenvalue weighted by molar-refractivity contribution is 5.36. The number of phenols is 2. The molecule has 0 saturated carbocycles. The summed E-state index contributed by atoms with van der Waals surface area (Å²) in [6, 6.07) is 4.89. The number of phenolic OH excluding ortho intramolecular Hbond substituents is 2. The Hall–Kier alpha value is -1.44. The van der Waals surface area contributed by atoms with Gasteiger partial charge in [0, 0.05) is 6.07 Å². The van der Waals surface area contributed by atoms with Gasteiger partial charge in [0.05, 0.1) is 0 Å². The third-order valence-electron chi connectivity index (χ3n) is 5.69. The summed E-state index contributed by atoms with van der Waals surface area (Å²) in [5.74, 6) is 0.321. The second-order valence-corrected chi connectivity index (χ2v) is 8.61. The van der Waals surface area contributed by atoms with Crippen LogP contribution in [0.25, 0.3) is 0 Å². The van der Waals surface area contributed by atoms with Crippen LogP contribution in [0.15, 0.2) is 30.4 Å². The lowest BCUT2D eigenvalue weighted by molar-refractivity contribution is 0.449. The SMILES string of the molecule is CCCCCCCC/C=C\CCCCCCCCCCCc1cc(O)cc(O)c1. The normalized spacial score (nSPS) is 11.5. The lowest BCUT2D eigenvalue weighted by Crippen LogP contribution is -1.87. The molecule has 2 nitrogen and oxygen atoms in total. The summed E-state index contributed by atoms with van der Waals surface area (Å²) < 4.78 is 0. The van der Waals surface area contributed by atoms with E-state index in [1.54, 1.807) is 12.1 Å². The minimum absolute atomic E-state index is 0.160. The molecule has 0 atom stereocenters. The van der Waals surface area contributed by atoms with E-state index in [0.29, 0.717) is 0 Å². The minimum Gasteiger partial charge on any atom is -0.508 e. The van der Waals surface area contributed by atoms with Gasteiger partial charge in [-0.05, 0) is 56.2 Å². The molecule has 1 aromatic rings. The molecule has 0 fully saturated rings. The molecule has 0 saturated heterocycles. The van der Waals surface area contributed by atoms with Crippen molar-refractivity contribution in [2.75, 3.05) is 0 Å². The maximum absolute atomic E-state index is 9.49. The van der Waals surface area contributed by atoms with Gasteiger partial charge in [-0.3, -0.25) is 0 Å². The predicted octanol–water partition coefficient (Wildman–Crippen LogP) is 8.85. The van der Waals surface area contributed by atoms with E-state index in [1.807, 2.05) is 0 Å². The number of hydrogen-bond acceptors (Lipinski definition) is 2. The quantitative estimate of drug-likeness (QED) is 0.179. The van der Waals surface area contributed by atoms with E-state index in [2.05, 4.69) is 19.1 Å². The molecular weight excluding hydrogens is 356 g/mol. The average molecular weight is 403 g/mol. The number of allylic oxidation sites excluding steroid dienone is 2. The minimum atomic E-state index is 0.160. The van der Waals surface area contributed by atoms with Gasteiger partial charge in [-0.2, -0.15) is 0 Å². The molecule has 0 aliphatic heterocycles. The summed E-state index contributed by atoms with van der Waals surface area (Å²) >= 11 is 0. The Kier molecular flexibility index (Phi) is 16.4. The van der Waals surface area contributed by atoms with Crippen LogP contribution >= 0.6 is 0 Å². The molecule has 0 radical (unpaired) electrons. The molecule has 0 unspecified atom stereocenters. The fourth-order valence-corrected chi connectivity index (χ4v) is 3.91. The molecule has 0 aliphatic rings. The number of aromatic hydroxyl groups is 2. The Balaban J connectivity index is 1.79. The molecule has 1 rings (SSSR count). The van der Waals surface area contributed by atoms with E-state index >= 15 is 0 Å². The van der Waals surface area contributed by atoms with E-state index in [1.165, 1.54) is 109 Å². The maximum atomic E-state index is 9.49. The molecule has 0 spiro atoms. The van der Waals surface area contributed by atoms with Gasteiger partial charge in [-0.25, -0.2) is 0 Å². The fourth-order valence-electron chi connectivity index (χ4n) is 3.91. The third-order valence-corrected chi connectivity index (χ3v) is 5.69. The first-order valence-electron chi connectivity index (χ1n) is 12.4. The van der Waals surface area contributed by atoms with Crippen LogP contribution in [-0.4, -0.2) is 10.2 Å². The lowest BCUT2D eigenvalue weighted by atomic mass is 10.0. The van der Waals surface area contributed by atoms with Crippen LogP contribution in [-0.2, 0) is 6.42 Å². The van der Waals surface area contributed by atoms with Crippen LogP contribution in [0.5, 0.6) is 11.5 Å². The largest absolute Gasteiger partial charge is 0.508 e. The molecule has 0 heterocycles. The highest BCUT2D eigenvalue weighted by Gasteiger charge is 1.99. The van der Waals surface area contributed by atoms with Gasteiger partial charge in [-0.1, -0.05) is 96.1 Å². The van der Waals surface area contributed by atoms with Crippen molar-refractivity contribution in [2.45, 2.75) is 122 Å². The predicted molar refractivity (Wildman–Crippen MR) is 127 cm³/mol. The second-order valence-electron chi connectivity index (χ2n) is 8.61. The van der Waals surface area contributed by atoms with Gasteiger partial charge in [0.1, 0.15) is 11.5 Å². The standard InChI is InChI=1S/C27H46O2/c1-2-3-4-5-6-7-8-9-10-11-12-13-14-15-16-17-18-19-20-21-25-22-26(28)24-27(29)23-25/h9-10,22-24,28-29H,2-8,11-21H2,1H3/b10-9-. The lowest BCUT2D eigenvalue weighted by Gasteiger charge is -2.04. The van der Waals surface area contributed by atoms with Crippen molar-refractivity contribution in [1.29, 1.82) is 0 Å². The van der Waals surface area contributed by atoms with E-state index < -0.39 is 0 Å². The van der Waals surface area contributed by atoms with Crippen LogP contribution in [0.1, 0.15) is 122 Å². The van der Waals surface area contributed by atoms with Crippen LogP contribution in [0.3, 0.4) is 0 Å². The van der Waals surface area contributed by atoms with Crippen molar-refractivity contribution in [1.82, 2.24) is 0 Å². The zero-order chi connectivity index (χ0) is 21.0. The average Bonchev–Trinajstić information content (AvgIpc) is 2.69. The smallest absolute Gasteiger partial charge is 0.119 e. The van der Waals surface area contributed by atoms with E-state index in [9.17, 15) is 10.2 Å². The topological polar surface area (TPSA) is 40.5 Å². The number of hydrogen-bond donors (Lipinski definition) is 2. The van der Waals surface area contributed by atoms with Gasteiger partial charge in [-0.15, -0.1) is 0 Å². The molecule has 0 aromatic heterocycles. The molecule has 0 amide bonds. The van der Waals surface area contributed by atoms with Crippen LogP contribution in [0, 0.1) is 0 Å². The van der Waals surface area contributed by atoms with Gasteiger partial charge in [0.15, 0.2) is 0 Å². The van der Waals surface area contributed by atoms with Gasteiger partial charge < -0.3 is 10.2 Å². The van der Waals surface area contributed by atoms with Gasteiger partial charge in [0.2, 0.25) is 0 Å². The monoisotopic (exact) mass is 402 g/mol. The molecule has 29 heavy (non-hydrogen) atoms. The van der Waals surface area contributed by atoms with E-state index in [-0.39, 0.29) is 11.5 Å². The van der Waals surface area contributed by atoms with Gasteiger partial charge in [0.25, 0.3) is 0 Å². The molecule has 2 N–H and O–H groups in total. The highest BCUT2D eigenvalue weighted by Crippen LogP contribution is 2.22. The van der Waals surface area contributed by atoms with Crippen molar-refractivity contribution >= 4 is 0 Å². The maximum Gasteiger partial charge on any atom is 0.119 e. The summed E-state index contributed by atoms with van der Waals surface area (Å²) in [6.45, 7) is 2.28. The first-order chi connectivity index (χ1) is 14.2. The molecule has 2 heteroatoms. The summed E-state index contributed by atoms with van der Waals surface area (Å²) in [5.41, 5.74) is 1.03. The van der Waals surface area contributed by atoms with Crippen LogP contribution in [0.2, 0.25) is 0 Å². The van der Waals surface area contributed by atoms with Crippen molar-refractivity contribution in [3.05, 3.63) is 35.9 Å². The summed E-state index contributed by atoms with van der Waals surface area (Å²) in [5, 5.41) is 19.0. The fraction of sp³-hybridized carbons (Fsp3) is 0.704. The van der Waals surface area contributed by atoms with Crippen LogP contribution in [0.4, 0.5) is 0 Å². The molecule has 1 aromatic carbocycles. The molecule has 0 bridgehead atoms. The molecule has 0 aliphatic carbocycles. The third kappa shape index (κ3) is 16.1. The zero-order valence-corrected chi connectivity index (χ0v) is 19.0. The Morgan fingerprint density at radius 3 is 1.45 bits per heavy atom. The Morgan fingerprint density at radius 2 is 0.966 bits per heavy atom. The molecular formula is C27H46O2. The number of unbranched alkanes of at least 4 members (excludes halogenated alkanes) is 15. The number of aryl methyl sites for hydroxylation is 1. The Bertz CT molecular complexity index is 501. The zero-order valence-electron chi connectivity index (χ0n) is 19.0. The Morgan fingerprint density at radius 1 is 0.552 bits per heavy atom. The van der Waals surface area contributed by atoms with Crippen molar-refractivity contribution in [2.24, 2.45) is 0 Å². The van der Waals surface area contributed by atoms with E-state index in [0.717, 1.165) is 18.4 Å². The van der Waals surface area contributed by atoms with Gasteiger partial charge >= 0.3 is 0 Å². The van der Waals surface area contributed by atoms with Crippen molar-refractivity contribution < 1.29 is 10.2 Å². The number of benzene rings is 1. The highest BCUT2D eigenvalue weighted by atomic mass is 16.3. The first kappa shape index (κ1) is 25.6. The summed E-state index contributed by atoms with van der Waals surface area (Å²) in [7, 11) is 0. The number of rotatable bonds is 19. The summed E-state index contributed by atoms with van der Waals surface area (Å²) in [4.78, 5) is 0. The van der Waals surface area contributed by atoms with E-state index in [4.69, 9.17) is 0 Å². The van der Waals surface area contributed by atoms with Crippen molar-refractivity contribution in [3.63, 3.8) is 0 Å².